The first kappa shape index (κ1) is 69.8. The first-order chi connectivity index (χ1) is 49.3. The maximum atomic E-state index is 12.3. The fourth-order valence-corrected chi connectivity index (χ4v) is 10.4. The van der Waals surface area contributed by atoms with Crippen LogP contribution in [0.15, 0.2) is 258 Å². The number of phenols is 11. The van der Waals surface area contributed by atoms with Crippen molar-refractivity contribution in [3.63, 3.8) is 0 Å². The number of rotatable bonds is 8. The van der Waals surface area contributed by atoms with E-state index in [-0.39, 0.29) is 141 Å². The first-order valence-corrected chi connectivity index (χ1v) is 30.6. The molecule has 0 aliphatic rings. The van der Waals surface area contributed by atoms with Gasteiger partial charge in [-0.3, -0.25) is 24.0 Å². The zero-order chi connectivity index (χ0) is 73.5. The van der Waals surface area contributed by atoms with E-state index in [1.165, 1.54) is 123 Å². The van der Waals surface area contributed by atoms with Gasteiger partial charge in [0, 0.05) is 76.3 Å². The number of hydrogen-bond donors (Lipinski definition) is 11. The summed E-state index contributed by atoms with van der Waals surface area (Å²) in [6, 6.07) is 52.8. The van der Waals surface area contributed by atoms with E-state index in [1.807, 2.05) is 31.2 Å². The van der Waals surface area contributed by atoms with E-state index in [2.05, 4.69) is 0 Å². The molecular weight excluding hydrogens is 1330 g/mol. The number of methoxy groups -OCH3 is 3. The minimum atomic E-state index is -0.441. The summed E-state index contributed by atoms with van der Waals surface area (Å²) in [5.74, 6) is 1.23. The summed E-state index contributed by atoms with van der Waals surface area (Å²) in [4.78, 5) is 60.4. The summed E-state index contributed by atoms with van der Waals surface area (Å²) in [5, 5.41) is 106. The highest BCUT2D eigenvalue weighted by Crippen LogP contribution is 2.42. The van der Waals surface area contributed by atoms with Crippen molar-refractivity contribution in [2.24, 2.45) is 0 Å². The van der Waals surface area contributed by atoms with Gasteiger partial charge in [0.05, 0.1) is 48.3 Å². The molecule has 0 atom stereocenters. The first-order valence-electron chi connectivity index (χ1n) is 30.6. The van der Waals surface area contributed by atoms with E-state index >= 15 is 0 Å². The van der Waals surface area contributed by atoms with Crippen LogP contribution < -0.4 is 41.4 Å². The van der Waals surface area contributed by atoms with E-state index in [0.717, 1.165) is 29.3 Å². The Bertz CT molecular complexity index is 5850. The van der Waals surface area contributed by atoms with Crippen LogP contribution in [0.1, 0.15) is 5.56 Å². The van der Waals surface area contributed by atoms with Crippen LogP contribution in [0.5, 0.6) is 80.5 Å². The lowest BCUT2D eigenvalue weighted by molar-refractivity contribution is 0.340. The van der Waals surface area contributed by atoms with Crippen molar-refractivity contribution < 1.29 is 92.5 Å². The number of aryl methyl sites for hydroxylation is 1. The van der Waals surface area contributed by atoms with Crippen LogP contribution in [0.2, 0.25) is 0 Å². The number of benzene rings is 10. The van der Waals surface area contributed by atoms with Crippen LogP contribution >= 0.6 is 0 Å². The smallest absolute Gasteiger partial charge is 0.200 e. The predicted octanol–water partition coefficient (Wildman–Crippen LogP) is 14.4. The lowest BCUT2D eigenvalue weighted by Gasteiger charge is -2.11. The SMILES string of the molecule is COc1cc(-c2cc(=O)c3cc(O)cc(O)c3o2)cc(OC)c1O.COc1ccc(-c2cc(=O)c3cc(O)cc(O)c3o2)cc1.Cc1ccc(-c2cc(=O)c3cc(O)ccc3o2)cc1.O=c1cc(-c2ccc(O)cc2)oc2c(O)cc(O)cc12.O=c1cc(-c2ccc(O)cc2)oc2ccc(O)cc12. The van der Waals surface area contributed by atoms with E-state index < -0.39 is 5.43 Å². The standard InChI is InChI=1S/C17H14O7.C16H12O5.C16H12O3.C15H10O5.C15H10O4/c1-22-14-3-8(4-15(23-2)16(14)21)13-7-11(19)10-5-9(18)6-12(20)17(10)24-13;1-20-11-4-2-9(3-5-11)15-8-13(18)12-6-10(17)7-14(19)16(12)21-15;1-10-2-4-11(5-3-10)16-9-14(18)13-8-12(17)6-7-15(13)19-16;16-9-3-1-8(2-4-9)14-7-12(18)11-5-10(17)6-13(19)15(11)20-14;16-10-3-1-9(2-4-10)15-8-13(18)12-7-11(17)5-6-14(12)19-15/h3-7,18,20-21H,1-2H3;2-8,17,19H,1H3;2-9,17H,1H3;1-7,16-17,19H;1-8,16-17H. The highest BCUT2D eigenvalue weighted by Gasteiger charge is 2.19. The molecule has 0 amide bonds. The van der Waals surface area contributed by atoms with Crippen molar-refractivity contribution in [3.8, 4) is 137 Å². The highest BCUT2D eigenvalue weighted by atomic mass is 16.5. The van der Waals surface area contributed by atoms with E-state index in [0.29, 0.717) is 67.2 Å². The Labute approximate surface area is 579 Å². The summed E-state index contributed by atoms with van der Waals surface area (Å²) >= 11 is 0. The third-order valence-corrected chi connectivity index (χ3v) is 15.6. The van der Waals surface area contributed by atoms with E-state index in [9.17, 15) is 80.1 Å². The molecule has 15 rings (SSSR count). The van der Waals surface area contributed by atoms with E-state index in [4.69, 9.17) is 36.3 Å². The summed E-state index contributed by atoms with van der Waals surface area (Å²) in [6.45, 7) is 2.00. The predicted molar refractivity (Wildman–Crippen MR) is 382 cm³/mol. The minimum absolute atomic E-state index is 0.0124. The molecule has 0 saturated carbocycles. The van der Waals surface area contributed by atoms with Gasteiger partial charge in [0.1, 0.15) is 86.0 Å². The van der Waals surface area contributed by atoms with Crippen molar-refractivity contribution in [2.75, 3.05) is 21.3 Å². The molecule has 24 nitrogen and oxygen atoms in total. The van der Waals surface area contributed by atoms with Crippen molar-refractivity contribution in [1.29, 1.82) is 0 Å². The quantitative estimate of drug-likeness (QED) is 0.0673. The van der Waals surface area contributed by atoms with E-state index in [1.54, 1.807) is 67.8 Å². The van der Waals surface area contributed by atoms with Gasteiger partial charge < -0.3 is 92.5 Å². The van der Waals surface area contributed by atoms with Crippen LogP contribution in [0.3, 0.4) is 0 Å². The molecule has 24 heteroatoms. The van der Waals surface area contributed by atoms with Crippen LogP contribution in [-0.2, 0) is 0 Å². The molecule has 0 unspecified atom stereocenters. The Kier molecular flexibility index (Phi) is 20.1. The maximum absolute atomic E-state index is 12.3. The molecule has 5 aromatic heterocycles. The molecule has 0 saturated heterocycles. The van der Waals surface area contributed by atoms with Gasteiger partial charge in [0.25, 0.3) is 0 Å². The second-order valence-corrected chi connectivity index (χ2v) is 22.7. The molecule has 11 N–H and O–H groups in total. The molecule has 0 aliphatic carbocycles. The second kappa shape index (κ2) is 29.7. The fourth-order valence-electron chi connectivity index (χ4n) is 10.4. The van der Waals surface area contributed by atoms with Crippen LogP contribution in [-0.4, -0.2) is 77.5 Å². The van der Waals surface area contributed by atoms with Gasteiger partial charge in [-0.1, -0.05) is 29.8 Å². The molecular formula is C79H58O24. The van der Waals surface area contributed by atoms with Gasteiger partial charge in [0.2, 0.25) is 5.75 Å². The number of aromatic hydroxyl groups is 11. The molecule has 103 heavy (non-hydrogen) atoms. The Morgan fingerprint density at radius 2 is 0.544 bits per heavy atom. The Morgan fingerprint density at radius 1 is 0.262 bits per heavy atom. The van der Waals surface area contributed by atoms with Gasteiger partial charge in [-0.2, -0.15) is 0 Å². The zero-order valence-electron chi connectivity index (χ0n) is 54.4. The fraction of sp³-hybridized carbons (Fsp3) is 0.0506. The summed E-state index contributed by atoms with van der Waals surface area (Å²) in [5.41, 5.74) is 3.74. The molecule has 0 aliphatic heterocycles. The van der Waals surface area contributed by atoms with Gasteiger partial charge in [-0.25, -0.2) is 0 Å². The largest absolute Gasteiger partial charge is 0.508 e. The summed E-state index contributed by atoms with van der Waals surface area (Å²) in [6.07, 6.45) is 0. The van der Waals surface area contributed by atoms with Crippen molar-refractivity contribution in [1.82, 2.24) is 0 Å². The van der Waals surface area contributed by atoms with Crippen molar-refractivity contribution >= 4 is 54.8 Å². The van der Waals surface area contributed by atoms with Gasteiger partial charge in [-0.15, -0.1) is 0 Å². The molecule has 10 aromatic carbocycles. The molecule has 0 bridgehead atoms. The molecule has 0 spiro atoms. The zero-order valence-corrected chi connectivity index (χ0v) is 54.4. The summed E-state index contributed by atoms with van der Waals surface area (Å²) < 4.78 is 43.3. The monoisotopic (exact) mass is 1390 g/mol. The Balaban J connectivity index is 0.000000129. The Hall–Kier alpha value is -14.6. The summed E-state index contributed by atoms with van der Waals surface area (Å²) in [7, 11) is 4.32. The number of ether oxygens (including phenoxy) is 3. The average molecular weight is 1390 g/mol. The Morgan fingerprint density at radius 3 is 0.874 bits per heavy atom. The van der Waals surface area contributed by atoms with Gasteiger partial charge in [-0.05, 0) is 146 Å². The third-order valence-electron chi connectivity index (χ3n) is 15.6. The molecule has 0 radical (unpaired) electrons. The number of hydrogen-bond acceptors (Lipinski definition) is 24. The molecule has 0 fully saturated rings. The average Bonchev–Trinajstić information content (AvgIpc) is 0.629. The van der Waals surface area contributed by atoms with Gasteiger partial charge in [0.15, 0.2) is 72.6 Å². The third kappa shape index (κ3) is 15.7. The highest BCUT2D eigenvalue weighted by molar-refractivity contribution is 5.88. The van der Waals surface area contributed by atoms with Crippen LogP contribution in [0.4, 0.5) is 0 Å². The molecule has 518 valence electrons. The van der Waals surface area contributed by atoms with Crippen LogP contribution in [0.25, 0.3) is 111 Å². The number of fused-ring (bicyclic) bond motifs is 5. The normalized spacial score (nSPS) is 10.8. The van der Waals surface area contributed by atoms with Gasteiger partial charge >= 0.3 is 0 Å². The van der Waals surface area contributed by atoms with Crippen molar-refractivity contribution in [2.45, 2.75) is 6.92 Å². The van der Waals surface area contributed by atoms with Crippen LogP contribution in [0, 0.1) is 6.92 Å². The lowest BCUT2D eigenvalue weighted by atomic mass is 10.1. The molecule has 5 heterocycles. The number of phenolic OH excluding ortho intramolecular Hbond substituents is 11. The second-order valence-electron chi connectivity index (χ2n) is 22.7. The minimum Gasteiger partial charge on any atom is -0.508 e. The lowest BCUT2D eigenvalue weighted by Crippen LogP contribution is -2.00. The molecule has 15 aromatic rings. The maximum Gasteiger partial charge on any atom is 0.200 e. The van der Waals surface area contributed by atoms with Crippen molar-refractivity contribution in [3.05, 3.63) is 269 Å². The topological polar surface area (TPSA) is 401 Å².